The van der Waals surface area contributed by atoms with Crippen molar-refractivity contribution >= 4 is 22.4 Å². The van der Waals surface area contributed by atoms with Crippen LogP contribution in [0.3, 0.4) is 0 Å². The smallest absolute Gasteiger partial charge is 0.242 e. The van der Waals surface area contributed by atoms with Crippen LogP contribution in [0.4, 0.5) is 0 Å². The minimum absolute atomic E-state index is 0.390. The van der Waals surface area contributed by atoms with Crippen molar-refractivity contribution in [2.45, 2.75) is 83.2 Å². The molecule has 4 fully saturated rings. The van der Waals surface area contributed by atoms with Gasteiger partial charge in [-0.2, -0.15) is 0 Å². The zero-order chi connectivity index (χ0) is 20.3. The molecular formula is C24H38O2Si2. The largest absolute Gasteiger partial charge is 0.544 e. The second kappa shape index (κ2) is 6.76. The molecule has 4 aliphatic rings. The van der Waals surface area contributed by atoms with E-state index in [2.05, 4.69) is 64.1 Å². The van der Waals surface area contributed by atoms with Crippen molar-refractivity contribution in [1.29, 1.82) is 0 Å². The summed E-state index contributed by atoms with van der Waals surface area (Å²) in [5.74, 6) is 4.63. The van der Waals surface area contributed by atoms with Gasteiger partial charge in [-0.05, 0) is 119 Å². The first-order valence-electron chi connectivity index (χ1n) is 11.1. The third-order valence-corrected chi connectivity index (χ3v) is 8.47. The molecular weight excluding hydrogens is 376 g/mol. The highest BCUT2D eigenvalue weighted by molar-refractivity contribution is 6.71. The molecule has 0 spiro atoms. The Balaban J connectivity index is 1.71. The lowest BCUT2D eigenvalue weighted by atomic mass is 9.48. The van der Waals surface area contributed by atoms with Gasteiger partial charge in [-0.15, -0.1) is 0 Å². The topological polar surface area (TPSA) is 18.5 Å². The van der Waals surface area contributed by atoms with Crippen molar-refractivity contribution in [3.8, 4) is 5.75 Å². The first-order valence-corrected chi connectivity index (χ1v) is 18.0. The van der Waals surface area contributed by atoms with Crippen molar-refractivity contribution in [3.63, 3.8) is 0 Å². The Morgan fingerprint density at radius 3 is 1.89 bits per heavy atom. The first-order chi connectivity index (χ1) is 12.9. The number of hydrogen-bond donors (Lipinski definition) is 0. The molecule has 0 atom stereocenters. The molecule has 0 aliphatic heterocycles. The van der Waals surface area contributed by atoms with Crippen molar-refractivity contribution in [3.05, 3.63) is 35.9 Å². The predicted molar refractivity (Wildman–Crippen MR) is 124 cm³/mol. The second-order valence-corrected chi connectivity index (χ2v) is 20.6. The molecule has 1 aromatic carbocycles. The molecule has 4 heteroatoms. The Morgan fingerprint density at radius 1 is 0.893 bits per heavy atom. The number of benzene rings is 1. The van der Waals surface area contributed by atoms with Crippen LogP contribution in [-0.4, -0.2) is 16.6 Å². The van der Waals surface area contributed by atoms with Gasteiger partial charge < -0.3 is 8.85 Å². The van der Waals surface area contributed by atoms with Gasteiger partial charge in [-0.25, -0.2) is 0 Å². The summed E-state index contributed by atoms with van der Waals surface area (Å²) in [4.78, 5) is 0. The van der Waals surface area contributed by atoms with Gasteiger partial charge in [0.05, 0.1) is 5.56 Å². The summed E-state index contributed by atoms with van der Waals surface area (Å²) < 4.78 is 12.8. The minimum Gasteiger partial charge on any atom is -0.544 e. The van der Waals surface area contributed by atoms with Crippen molar-refractivity contribution in [2.24, 2.45) is 17.8 Å². The molecule has 4 saturated carbocycles. The molecule has 0 N–H and O–H groups in total. The second-order valence-electron chi connectivity index (χ2n) is 11.8. The average Bonchev–Trinajstić information content (AvgIpc) is 2.50. The van der Waals surface area contributed by atoms with Gasteiger partial charge in [0, 0.05) is 0 Å². The van der Waals surface area contributed by atoms with Crippen molar-refractivity contribution < 1.29 is 8.85 Å². The van der Waals surface area contributed by atoms with Gasteiger partial charge in [0.15, 0.2) is 0 Å². The summed E-state index contributed by atoms with van der Waals surface area (Å²) in [6.07, 6.45) is 8.59. The van der Waals surface area contributed by atoms with Crippen LogP contribution in [0.25, 0.3) is 5.76 Å². The van der Waals surface area contributed by atoms with E-state index >= 15 is 0 Å². The molecule has 4 aliphatic carbocycles. The monoisotopic (exact) mass is 414 g/mol. The van der Waals surface area contributed by atoms with Gasteiger partial charge in [-0.3, -0.25) is 0 Å². The summed E-state index contributed by atoms with van der Waals surface area (Å²) in [6, 6.07) is 6.99. The number of hydrogen-bond acceptors (Lipinski definition) is 2. The summed E-state index contributed by atoms with van der Waals surface area (Å²) in [7, 11) is -3.42. The molecule has 0 aromatic heterocycles. The van der Waals surface area contributed by atoms with E-state index in [1.807, 2.05) is 0 Å². The van der Waals surface area contributed by atoms with Crippen molar-refractivity contribution in [2.75, 3.05) is 0 Å². The lowest BCUT2D eigenvalue weighted by Gasteiger charge is -2.57. The van der Waals surface area contributed by atoms with Gasteiger partial charge in [0.25, 0.3) is 0 Å². The van der Waals surface area contributed by atoms with E-state index in [9.17, 15) is 0 Å². The van der Waals surface area contributed by atoms with Crippen LogP contribution in [0, 0.1) is 17.8 Å². The Morgan fingerprint density at radius 2 is 1.43 bits per heavy atom. The van der Waals surface area contributed by atoms with Gasteiger partial charge in [0.1, 0.15) is 11.5 Å². The van der Waals surface area contributed by atoms with E-state index in [0.29, 0.717) is 5.41 Å². The molecule has 28 heavy (non-hydrogen) atoms. The van der Waals surface area contributed by atoms with Crippen LogP contribution >= 0.6 is 0 Å². The Hall–Kier alpha value is -1.01. The fourth-order valence-corrected chi connectivity index (χ4v) is 8.07. The summed E-state index contributed by atoms with van der Waals surface area (Å²) >= 11 is 0. The van der Waals surface area contributed by atoms with Crippen LogP contribution in [0.1, 0.15) is 49.7 Å². The summed E-state index contributed by atoms with van der Waals surface area (Å²) in [5, 5.41) is 0. The van der Waals surface area contributed by atoms with Gasteiger partial charge in [0.2, 0.25) is 16.6 Å². The normalized spacial score (nSPS) is 31.7. The summed E-state index contributed by atoms with van der Waals surface area (Å²) in [5.41, 5.74) is 3.00. The van der Waals surface area contributed by atoms with Crippen LogP contribution < -0.4 is 4.43 Å². The quantitative estimate of drug-likeness (QED) is 0.362. The molecule has 154 valence electrons. The molecule has 5 rings (SSSR count). The number of rotatable bonds is 6. The molecule has 2 nitrogen and oxygen atoms in total. The fourth-order valence-electron chi connectivity index (χ4n) is 6.39. The van der Waals surface area contributed by atoms with E-state index < -0.39 is 16.6 Å². The minimum atomic E-state index is -1.72. The zero-order valence-electron chi connectivity index (χ0n) is 18.7. The molecule has 0 saturated heterocycles. The molecule has 0 radical (unpaired) electrons. The third kappa shape index (κ3) is 4.13. The third-order valence-electron chi connectivity index (χ3n) is 6.78. The van der Waals surface area contributed by atoms with Gasteiger partial charge in [-0.1, -0.05) is 12.6 Å². The molecule has 1 aromatic rings. The molecule has 0 unspecified atom stereocenters. The highest BCUT2D eigenvalue weighted by atomic mass is 28.4. The predicted octanol–water partition coefficient (Wildman–Crippen LogP) is 7.19. The fraction of sp³-hybridized carbons (Fsp3) is 0.667. The van der Waals surface area contributed by atoms with E-state index in [4.69, 9.17) is 8.85 Å². The maximum Gasteiger partial charge on any atom is 0.242 e. The molecule has 0 heterocycles. The van der Waals surface area contributed by atoms with E-state index in [1.165, 1.54) is 44.1 Å². The van der Waals surface area contributed by atoms with Crippen LogP contribution in [0.2, 0.25) is 39.3 Å². The van der Waals surface area contributed by atoms with E-state index in [1.54, 1.807) is 0 Å². The van der Waals surface area contributed by atoms with Crippen LogP contribution in [0.5, 0.6) is 5.75 Å². The molecule has 4 bridgehead atoms. The molecule has 0 amide bonds. The highest BCUT2D eigenvalue weighted by Gasteiger charge is 2.51. The van der Waals surface area contributed by atoms with E-state index in [0.717, 1.165) is 34.8 Å². The standard InChI is InChI=1S/C24H38O2Si2/c1-17(25-27(2,3)4)22-13-21(8-9-23(22)26-28(5,6)7)24-14-18-10-19(15-24)12-20(11-18)16-24/h8-9,13,18-20H,1,10-12,14-16H2,2-7H3. The SMILES string of the molecule is C=C(O[Si](C)(C)C)c1cc(C23CC4CC(CC(C4)C2)C3)ccc1O[Si](C)(C)C. The zero-order valence-corrected chi connectivity index (χ0v) is 20.7. The first kappa shape index (κ1) is 20.3. The highest BCUT2D eigenvalue weighted by Crippen LogP contribution is 2.61. The van der Waals surface area contributed by atoms with Crippen molar-refractivity contribution in [1.82, 2.24) is 0 Å². The Kier molecular flexibility index (Phi) is 4.90. The van der Waals surface area contributed by atoms with Gasteiger partial charge >= 0.3 is 0 Å². The Bertz CT molecular complexity index is 735. The van der Waals surface area contributed by atoms with Crippen LogP contribution in [0.15, 0.2) is 24.8 Å². The average molecular weight is 415 g/mol. The maximum atomic E-state index is 6.46. The Labute approximate surface area is 174 Å². The maximum absolute atomic E-state index is 6.46. The lowest BCUT2D eigenvalue weighted by molar-refractivity contribution is -0.00521. The summed E-state index contributed by atoms with van der Waals surface area (Å²) in [6.45, 7) is 17.7. The lowest BCUT2D eigenvalue weighted by Crippen LogP contribution is -2.48. The van der Waals surface area contributed by atoms with Crippen LogP contribution in [-0.2, 0) is 9.84 Å². The van der Waals surface area contributed by atoms with E-state index in [-0.39, 0.29) is 0 Å².